The Morgan fingerprint density at radius 2 is 1.84 bits per heavy atom. The second-order valence-electron chi connectivity index (χ2n) is 11.3. The maximum Gasteiger partial charge on any atom is 0.305 e. The van der Waals surface area contributed by atoms with E-state index in [1.807, 2.05) is 6.92 Å². The average molecular weight is 431 g/mol. The summed E-state index contributed by atoms with van der Waals surface area (Å²) >= 11 is 0. The third kappa shape index (κ3) is 3.51. The highest BCUT2D eigenvalue weighted by Gasteiger charge is 2.66. The van der Waals surface area contributed by atoms with E-state index in [1.165, 1.54) is 0 Å². The van der Waals surface area contributed by atoms with Gasteiger partial charge in [0.05, 0.1) is 6.61 Å². The second kappa shape index (κ2) is 8.12. The van der Waals surface area contributed by atoms with Gasteiger partial charge in [-0.3, -0.25) is 19.2 Å². The maximum atomic E-state index is 13.7. The second-order valence-corrected chi connectivity index (χ2v) is 11.3. The van der Waals surface area contributed by atoms with Gasteiger partial charge in [0.1, 0.15) is 17.3 Å². The number of ether oxygens (including phenoxy) is 1. The minimum Gasteiger partial charge on any atom is -0.466 e. The Bertz CT molecular complexity index is 787. The Morgan fingerprint density at radius 1 is 1.10 bits per heavy atom. The zero-order valence-corrected chi connectivity index (χ0v) is 19.6. The maximum absolute atomic E-state index is 13.7. The number of carbonyl (C=O) groups is 4. The fourth-order valence-corrected chi connectivity index (χ4v) is 8.17. The van der Waals surface area contributed by atoms with Crippen molar-refractivity contribution in [1.29, 1.82) is 0 Å². The third-order valence-electron chi connectivity index (χ3n) is 10.0. The summed E-state index contributed by atoms with van der Waals surface area (Å²) in [6.07, 6.45) is 5.89. The van der Waals surface area contributed by atoms with Crippen LogP contribution in [0.5, 0.6) is 0 Å². The van der Waals surface area contributed by atoms with Gasteiger partial charge in [0, 0.05) is 43.4 Å². The summed E-state index contributed by atoms with van der Waals surface area (Å²) in [6, 6.07) is 0. The van der Waals surface area contributed by atoms with E-state index in [0.717, 1.165) is 25.7 Å². The molecular weight excluding hydrogens is 392 g/mol. The first-order valence-corrected chi connectivity index (χ1v) is 12.4. The molecule has 0 aliphatic heterocycles. The van der Waals surface area contributed by atoms with E-state index < -0.39 is 5.41 Å². The summed E-state index contributed by atoms with van der Waals surface area (Å²) in [5, 5.41) is 0. The van der Waals surface area contributed by atoms with Crippen LogP contribution in [0.25, 0.3) is 0 Å². The van der Waals surface area contributed by atoms with E-state index in [1.54, 1.807) is 0 Å². The molecule has 0 amide bonds. The SMILES string of the molecule is CCOC(=O)CC[C@H](C)[C@H]1CCC2C3C(=O)C[C@@H]4CC(=O)CC[C@]4(C)C3CC(=O)[C@@]21C. The van der Waals surface area contributed by atoms with Crippen LogP contribution in [-0.2, 0) is 23.9 Å². The zero-order chi connectivity index (χ0) is 22.6. The topological polar surface area (TPSA) is 77.5 Å². The monoisotopic (exact) mass is 430 g/mol. The van der Waals surface area contributed by atoms with Crippen molar-refractivity contribution >= 4 is 23.3 Å². The largest absolute Gasteiger partial charge is 0.466 e. The lowest BCUT2D eigenvalue weighted by atomic mass is 9.44. The average Bonchev–Trinajstić information content (AvgIpc) is 3.07. The summed E-state index contributed by atoms with van der Waals surface area (Å²) in [6.45, 7) is 8.73. The molecule has 0 aromatic heterocycles. The van der Waals surface area contributed by atoms with E-state index >= 15 is 0 Å². The molecule has 0 aromatic rings. The molecule has 0 radical (unpaired) electrons. The van der Waals surface area contributed by atoms with Crippen molar-refractivity contribution in [2.24, 2.45) is 46.3 Å². The van der Waals surface area contributed by atoms with Crippen molar-refractivity contribution in [2.45, 2.75) is 85.5 Å². The van der Waals surface area contributed by atoms with Crippen LogP contribution in [-0.4, -0.2) is 29.9 Å². The van der Waals surface area contributed by atoms with Gasteiger partial charge in [-0.2, -0.15) is 0 Å². The van der Waals surface area contributed by atoms with Crippen LogP contribution in [0.3, 0.4) is 0 Å². The van der Waals surface area contributed by atoms with Crippen LogP contribution in [0.1, 0.15) is 85.5 Å². The molecule has 4 rings (SSSR count). The van der Waals surface area contributed by atoms with E-state index in [-0.39, 0.29) is 52.7 Å². The van der Waals surface area contributed by atoms with E-state index in [0.29, 0.717) is 50.3 Å². The van der Waals surface area contributed by atoms with Crippen LogP contribution in [0.4, 0.5) is 0 Å². The highest BCUT2D eigenvalue weighted by atomic mass is 16.5. The summed E-state index contributed by atoms with van der Waals surface area (Å²) < 4.78 is 5.09. The number of Topliss-reactive ketones (excluding diaryl/α,β-unsaturated/α-hetero) is 3. The molecule has 31 heavy (non-hydrogen) atoms. The van der Waals surface area contributed by atoms with Gasteiger partial charge in [-0.25, -0.2) is 0 Å². The molecular formula is C26H38O5. The highest BCUT2D eigenvalue weighted by Crippen LogP contribution is 2.66. The van der Waals surface area contributed by atoms with Crippen molar-refractivity contribution in [3.05, 3.63) is 0 Å². The van der Waals surface area contributed by atoms with Gasteiger partial charge in [-0.15, -0.1) is 0 Å². The molecule has 4 saturated carbocycles. The van der Waals surface area contributed by atoms with Crippen molar-refractivity contribution in [3.8, 4) is 0 Å². The first-order chi connectivity index (χ1) is 14.6. The first-order valence-electron chi connectivity index (χ1n) is 12.4. The van der Waals surface area contributed by atoms with Gasteiger partial charge in [0.25, 0.3) is 0 Å². The molecule has 3 unspecified atom stereocenters. The van der Waals surface area contributed by atoms with Gasteiger partial charge < -0.3 is 4.74 Å². The normalized spacial score (nSPS) is 43.1. The Hall–Kier alpha value is -1.52. The molecule has 8 atom stereocenters. The standard InChI is InChI=1S/C26H38O5/c1-5-31-23(30)9-6-15(2)18-7-8-19-24-20(14-22(29)26(18,19)4)25(3)11-10-17(27)12-16(25)13-21(24)28/h15-16,18-20,24H,5-14H2,1-4H3/t15-,16-,18+,19?,20?,24?,25-,26+/m0/s1. The summed E-state index contributed by atoms with van der Waals surface area (Å²) in [5.74, 6) is 1.44. The van der Waals surface area contributed by atoms with Crippen molar-refractivity contribution in [2.75, 3.05) is 6.61 Å². The Balaban J connectivity index is 1.57. The summed E-state index contributed by atoms with van der Waals surface area (Å²) in [5.41, 5.74) is -0.546. The molecule has 0 saturated heterocycles. The predicted molar refractivity (Wildman–Crippen MR) is 116 cm³/mol. The van der Waals surface area contributed by atoms with Crippen LogP contribution >= 0.6 is 0 Å². The lowest BCUT2D eigenvalue weighted by Crippen LogP contribution is -2.60. The Kier molecular flexibility index (Phi) is 5.93. The lowest BCUT2D eigenvalue weighted by Gasteiger charge is -2.58. The van der Waals surface area contributed by atoms with Gasteiger partial charge in [0.15, 0.2) is 0 Å². The number of fused-ring (bicyclic) bond motifs is 5. The van der Waals surface area contributed by atoms with Gasteiger partial charge in [0.2, 0.25) is 0 Å². The molecule has 5 heteroatoms. The quantitative estimate of drug-likeness (QED) is 0.598. The van der Waals surface area contributed by atoms with Crippen LogP contribution in [0.15, 0.2) is 0 Å². The number of esters is 1. The Labute approximate surface area is 186 Å². The Morgan fingerprint density at radius 3 is 2.55 bits per heavy atom. The van der Waals surface area contributed by atoms with Crippen molar-refractivity contribution < 1.29 is 23.9 Å². The molecule has 172 valence electrons. The van der Waals surface area contributed by atoms with Crippen LogP contribution in [0, 0.1) is 46.3 Å². The zero-order valence-electron chi connectivity index (χ0n) is 19.6. The van der Waals surface area contributed by atoms with E-state index in [4.69, 9.17) is 4.74 Å². The molecule has 0 N–H and O–H groups in total. The smallest absolute Gasteiger partial charge is 0.305 e. The highest BCUT2D eigenvalue weighted by molar-refractivity contribution is 5.93. The van der Waals surface area contributed by atoms with Gasteiger partial charge >= 0.3 is 5.97 Å². The fraction of sp³-hybridized carbons (Fsp3) is 0.846. The number of carbonyl (C=O) groups excluding carboxylic acids is 4. The van der Waals surface area contributed by atoms with Crippen LogP contribution in [0.2, 0.25) is 0 Å². The first kappa shape index (κ1) is 22.7. The number of rotatable bonds is 5. The summed E-state index contributed by atoms with van der Waals surface area (Å²) in [7, 11) is 0. The fourth-order valence-electron chi connectivity index (χ4n) is 8.17. The number of ketones is 3. The molecule has 0 aromatic carbocycles. The number of hydrogen-bond donors (Lipinski definition) is 0. The van der Waals surface area contributed by atoms with Gasteiger partial charge in [-0.05, 0) is 67.6 Å². The van der Waals surface area contributed by atoms with E-state index in [9.17, 15) is 19.2 Å². The molecule has 4 aliphatic rings. The van der Waals surface area contributed by atoms with Crippen molar-refractivity contribution in [1.82, 2.24) is 0 Å². The molecule has 0 heterocycles. The minimum atomic E-state index is -0.474. The molecule has 0 spiro atoms. The van der Waals surface area contributed by atoms with Crippen molar-refractivity contribution in [3.63, 3.8) is 0 Å². The van der Waals surface area contributed by atoms with E-state index in [2.05, 4.69) is 20.8 Å². The molecule has 4 aliphatic carbocycles. The summed E-state index contributed by atoms with van der Waals surface area (Å²) in [4.78, 5) is 51.1. The third-order valence-corrected chi connectivity index (χ3v) is 10.0. The number of hydrogen-bond acceptors (Lipinski definition) is 5. The van der Waals surface area contributed by atoms with Gasteiger partial charge in [-0.1, -0.05) is 20.8 Å². The lowest BCUT2D eigenvalue weighted by molar-refractivity contribution is -0.166. The molecule has 5 nitrogen and oxygen atoms in total. The molecule has 0 bridgehead atoms. The molecule has 4 fully saturated rings. The minimum absolute atomic E-state index is 0.0422. The van der Waals surface area contributed by atoms with Crippen LogP contribution < -0.4 is 0 Å². The predicted octanol–water partition coefficient (Wildman–Crippen LogP) is 4.55.